The molecule has 4 aromatic rings. The van der Waals surface area contributed by atoms with Gasteiger partial charge >= 0.3 is 5.97 Å². The fourth-order valence-corrected chi connectivity index (χ4v) is 5.65. The average Bonchev–Trinajstić information content (AvgIpc) is 3.48. The number of halogens is 1. The molecule has 1 aliphatic heterocycles. The Morgan fingerprint density at radius 3 is 2.62 bits per heavy atom. The van der Waals surface area contributed by atoms with Gasteiger partial charge in [0.1, 0.15) is 11.5 Å². The quantitative estimate of drug-likeness (QED) is 0.186. The van der Waals surface area contributed by atoms with Gasteiger partial charge in [-0.1, -0.05) is 35.1 Å². The second kappa shape index (κ2) is 10.5. The molecule has 0 N–H and O–H groups in total. The number of nitro benzene ring substituents is 1. The van der Waals surface area contributed by atoms with E-state index in [0.717, 1.165) is 0 Å². The Bertz CT molecular complexity index is 1830. The zero-order chi connectivity index (χ0) is 27.8. The molecule has 0 radical (unpaired) electrons. The number of aromatic nitrogens is 1. The van der Waals surface area contributed by atoms with Crippen molar-refractivity contribution in [3.05, 3.63) is 118 Å². The second-order valence-corrected chi connectivity index (χ2v) is 10.3. The van der Waals surface area contributed by atoms with Crippen molar-refractivity contribution < 1.29 is 18.9 Å². The number of nitrogens with zero attached hydrogens (tertiary/aromatic N) is 3. The first-order chi connectivity index (χ1) is 18.7. The number of allylic oxidation sites excluding steroid dienone is 1. The SMILES string of the molecule is CCOC(=O)C1=C(C)N=c2s/c(=C/c3ccc(-c4ccc([N+](=O)[O-])cc4C)o3)c(=O)n2C1c1ccc(Cl)cc1. The van der Waals surface area contributed by atoms with E-state index in [9.17, 15) is 19.7 Å². The fraction of sp³-hybridized carbons (Fsp3) is 0.179. The third-order valence-electron chi connectivity index (χ3n) is 6.29. The maximum atomic E-state index is 13.7. The summed E-state index contributed by atoms with van der Waals surface area (Å²) in [6.07, 6.45) is 1.62. The predicted molar refractivity (Wildman–Crippen MR) is 147 cm³/mol. The van der Waals surface area contributed by atoms with Gasteiger partial charge in [0.2, 0.25) is 0 Å². The van der Waals surface area contributed by atoms with Crippen molar-refractivity contribution in [2.75, 3.05) is 6.61 Å². The lowest BCUT2D eigenvalue weighted by Crippen LogP contribution is -2.39. The Hall–Kier alpha value is -4.28. The standard InChI is InChI=1S/C28H22ClN3O6S/c1-4-37-27(34)24-16(3)30-28-31(25(24)17-5-7-18(29)8-6-17)26(33)23(39-28)14-20-10-12-22(38-20)21-11-9-19(32(35)36)13-15(21)2/h5-14,25H,4H2,1-3H3/b23-14+. The summed E-state index contributed by atoms with van der Waals surface area (Å²) in [5.74, 6) is 0.403. The molecule has 0 spiro atoms. The highest BCUT2D eigenvalue weighted by Gasteiger charge is 2.33. The van der Waals surface area contributed by atoms with Crippen molar-refractivity contribution in [2.45, 2.75) is 26.8 Å². The Morgan fingerprint density at radius 1 is 1.21 bits per heavy atom. The number of ether oxygens (including phenoxy) is 1. The molecule has 1 unspecified atom stereocenters. The van der Waals surface area contributed by atoms with E-state index in [4.69, 9.17) is 20.8 Å². The minimum atomic E-state index is -0.741. The van der Waals surface area contributed by atoms with Gasteiger partial charge in [0, 0.05) is 28.8 Å². The molecule has 5 rings (SSSR count). The molecule has 2 aromatic carbocycles. The summed E-state index contributed by atoms with van der Waals surface area (Å²) in [4.78, 5) is 42.3. The Kier molecular flexibility index (Phi) is 7.07. The van der Waals surface area contributed by atoms with E-state index in [-0.39, 0.29) is 23.4 Å². The van der Waals surface area contributed by atoms with Crippen LogP contribution in [-0.2, 0) is 9.53 Å². The van der Waals surface area contributed by atoms with E-state index < -0.39 is 16.9 Å². The number of fused-ring (bicyclic) bond motifs is 1. The lowest BCUT2D eigenvalue weighted by Gasteiger charge is -2.24. The van der Waals surface area contributed by atoms with Gasteiger partial charge in [0.25, 0.3) is 11.2 Å². The highest BCUT2D eigenvalue weighted by atomic mass is 35.5. The smallest absolute Gasteiger partial charge is 0.338 e. The highest BCUT2D eigenvalue weighted by Crippen LogP contribution is 2.32. The van der Waals surface area contributed by atoms with Crippen molar-refractivity contribution in [1.29, 1.82) is 0 Å². The van der Waals surface area contributed by atoms with Gasteiger partial charge in [-0.15, -0.1) is 0 Å². The minimum absolute atomic E-state index is 0.00291. The van der Waals surface area contributed by atoms with Gasteiger partial charge in [0.05, 0.1) is 33.4 Å². The van der Waals surface area contributed by atoms with E-state index >= 15 is 0 Å². The number of rotatable bonds is 6. The molecule has 0 fully saturated rings. The van der Waals surface area contributed by atoms with Gasteiger partial charge in [-0.25, -0.2) is 9.79 Å². The third kappa shape index (κ3) is 4.96. The number of non-ortho nitro benzene ring substituents is 1. The van der Waals surface area contributed by atoms with Crippen LogP contribution in [0.4, 0.5) is 5.69 Å². The molecule has 0 saturated heterocycles. The molecule has 9 nitrogen and oxygen atoms in total. The second-order valence-electron chi connectivity index (χ2n) is 8.81. The van der Waals surface area contributed by atoms with Gasteiger partial charge in [-0.2, -0.15) is 0 Å². The summed E-state index contributed by atoms with van der Waals surface area (Å²) >= 11 is 7.28. The number of carbonyl (C=O) groups excluding carboxylic acids is 1. The Balaban J connectivity index is 1.60. The topological polar surface area (TPSA) is 117 Å². The zero-order valence-electron chi connectivity index (χ0n) is 21.1. The van der Waals surface area contributed by atoms with Crippen molar-refractivity contribution in [3.8, 4) is 11.3 Å². The molecule has 11 heteroatoms. The first-order valence-electron chi connectivity index (χ1n) is 12.0. The van der Waals surface area contributed by atoms with Crippen LogP contribution in [-0.4, -0.2) is 22.1 Å². The molecule has 3 heterocycles. The van der Waals surface area contributed by atoms with Crippen molar-refractivity contribution in [2.24, 2.45) is 4.99 Å². The van der Waals surface area contributed by atoms with Crippen LogP contribution in [0.25, 0.3) is 17.4 Å². The van der Waals surface area contributed by atoms with Crippen molar-refractivity contribution >= 4 is 40.7 Å². The van der Waals surface area contributed by atoms with Crippen LogP contribution in [0.1, 0.15) is 36.8 Å². The summed E-state index contributed by atoms with van der Waals surface area (Å²) in [7, 11) is 0. The van der Waals surface area contributed by atoms with E-state index in [1.807, 2.05) is 0 Å². The van der Waals surface area contributed by atoms with Gasteiger partial charge in [-0.3, -0.25) is 19.5 Å². The normalized spacial score (nSPS) is 15.2. The Morgan fingerprint density at radius 2 is 1.95 bits per heavy atom. The monoisotopic (exact) mass is 563 g/mol. The van der Waals surface area contributed by atoms with Gasteiger partial charge in [-0.05, 0) is 62.2 Å². The number of thiazole rings is 1. The number of esters is 1. The summed E-state index contributed by atoms with van der Waals surface area (Å²) in [5, 5.41) is 11.6. The van der Waals surface area contributed by atoms with E-state index in [1.54, 1.807) is 69.3 Å². The summed E-state index contributed by atoms with van der Waals surface area (Å²) in [5.41, 5.74) is 2.50. The molecule has 1 atom stereocenters. The van der Waals surface area contributed by atoms with Crippen LogP contribution in [0.15, 0.2) is 80.1 Å². The van der Waals surface area contributed by atoms with Crippen LogP contribution in [0, 0.1) is 17.0 Å². The van der Waals surface area contributed by atoms with Crippen LogP contribution >= 0.6 is 22.9 Å². The maximum Gasteiger partial charge on any atom is 0.338 e. The zero-order valence-corrected chi connectivity index (χ0v) is 22.7. The van der Waals surface area contributed by atoms with E-state index in [0.29, 0.717) is 48.3 Å². The molecule has 0 amide bonds. The van der Waals surface area contributed by atoms with Gasteiger partial charge in [0.15, 0.2) is 4.80 Å². The first-order valence-corrected chi connectivity index (χ1v) is 13.2. The molecule has 0 bridgehead atoms. The minimum Gasteiger partial charge on any atom is -0.463 e. The van der Waals surface area contributed by atoms with Crippen LogP contribution in [0.5, 0.6) is 0 Å². The molecular formula is C28H22ClN3O6S. The number of hydrogen-bond acceptors (Lipinski definition) is 8. The molecular weight excluding hydrogens is 542 g/mol. The average molecular weight is 564 g/mol. The number of aryl methyl sites for hydroxylation is 1. The molecule has 2 aromatic heterocycles. The number of furan rings is 1. The highest BCUT2D eigenvalue weighted by molar-refractivity contribution is 7.07. The lowest BCUT2D eigenvalue weighted by atomic mass is 9.96. The van der Waals surface area contributed by atoms with Gasteiger partial charge < -0.3 is 9.15 Å². The first kappa shape index (κ1) is 26.3. The lowest BCUT2D eigenvalue weighted by molar-refractivity contribution is -0.384. The molecule has 1 aliphatic rings. The number of carbonyl (C=O) groups is 1. The number of benzene rings is 2. The van der Waals surface area contributed by atoms with Crippen LogP contribution in [0.2, 0.25) is 5.02 Å². The molecule has 39 heavy (non-hydrogen) atoms. The van der Waals surface area contributed by atoms with E-state index in [1.165, 1.54) is 28.0 Å². The molecule has 0 aliphatic carbocycles. The summed E-state index contributed by atoms with van der Waals surface area (Å²) in [6, 6.07) is 14.2. The van der Waals surface area contributed by atoms with Crippen LogP contribution in [0.3, 0.4) is 0 Å². The van der Waals surface area contributed by atoms with Crippen LogP contribution < -0.4 is 14.9 Å². The third-order valence-corrected chi connectivity index (χ3v) is 7.52. The Labute approximate surface area is 231 Å². The molecule has 198 valence electrons. The van der Waals surface area contributed by atoms with E-state index in [2.05, 4.69) is 4.99 Å². The largest absolute Gasteiger partial charge is 0.463 e. The summed E-state index contributed by atoms with van der Waals surface area (Å²) < 4.78 is 13.1. The predicted octanol–water partition coefficient (Wildman–Crippen LogP) is 4.93. The number of nitro groups is 1. The molecule has 0 saturated carbocycles. The van der Waals surface area contributed by atoms with Crippen molar-refractivity contribution in [3.63, 3.8) is 0 Å². The fourth-order valence-electron chi connectivity index (χ4n) is 4.49. The maximum absolute atomic E-state index is 13.7. The summed E-state index contributed by atoms with van der Waals surface area (Å²) in [6.45, 7) is 5.39. The number of hydrogen-bond donors (Lipinski definition) is 0. The van der Waals surface area contributed by atoms with Crippen molar-refractivity contribution in [1.82, 2.24) is 4.57 Å².